The van der Waals surface area contributed by atoms with Crippen LogP contribution in [0.5, 0.6) is 0 Å². The molecule has 1 aliphatic heterocycles. The molecule has 0 bridgehead atoms. The summed E-state index contributed by atoms with van der Waals surface area (Å²) in [7, 11) is 0. The van der Waals surface area contributed by atoms with Gasteiger partial charge < -0.3 is 10.6 Å². The molecule has 0 aromatic heterocycles. The summed E-state index contributed by atoms with van der Waals surface area (Å²) >= 11 is 0. The largest absolute Gasteiger partial charge is 0.314 e. The van der Waals surface area contributed by atoms with Gasteiger partial charge >= 0.3 is 0 Å². The van der Waals surface area contributed by atoms with E-state index in [0.29, 0.717) is 6.54 Å². The lowest BCUT2D eigenvalue weighted by atomic mass is 10.0. The van der Waals surface area contributed by atoms with Gasteiger partial charge in [0, 0.05) is 18.6 Å². The molecule has 1 aromatic rings. The minimum absolute atomic E-state index is 0.0172. The average Bonchev–Trinajstić information content (AvgIpc) is 2.33. The molecule has 3 atom stereocenters. The van der Waals surface area contributed by atoms with Crippen molar-refractivity contribution in [1.29, 1.82) is 0 Å². The number of rotatable bonds is 3. The second kappa shape index (κ2) is 5.41. The first-order valence-electron chi connectivity index (χ1n) is 5.93. The molecule has 0 spiro atoms. The van der Waals surface area contributed by atoms with Crippen molar-refractivity contribution in [2.75, 3.05) is 13.1 Å². The van der Waals surface area contributed by atoms with Crippen molar-refractivity contribution >= 4 is 0 Å². The van der Waals surface area contributed by atoms with Crippen molar-refractivity contribution in [3.05, 3.63) is 35.9 Å². The third kappa shape index (κ3) is 2.80. The molecular formula is C13H19FN2. The van der Waals surface area contributed by atoms with Gasteiger partial charge in [-0.05, 0) is 25.5 Å². The summed E-state index contributed by atoms with van der Waals surface area (Å²) in [5.41, 5.74) is 1.22. The molecule has 0 radical (unpaired) electrons. The van der Waals surface area contributed by atoms with E-state index in [-0.39, 0.29) is 12.1 Å². The van der Waals surface area contributed by atoms with E-state index in [1.165, 1.54) is 5.56 Å². The molecule has 2 N–H and O–H groups in total. The van der Waals surface area contributed by atoms with E-state index in [1.54, 1.807) is 0 Å². The number of halogens is 1. The topological polar surface area (TPSA) is 24.1 Å². The normalized spacial score (nSPS) is 27.6. The molecule has 2 rings (SSSR count). The maximum atomic E-state index is 13.6. The van der Waals surface area contributed by atoms with Crippen molar-refractivity contribution in [2.24, 2.45) is 0 Å². The van der Waals surface area contributed by atoms with E-state index >= 15 is 0 Å². The molecule has 16 heavy (non-hydrogen) atoms. The lowest BCUT2D eigenvalue weighted by Gasteiger charge is -2.30. The van der Waals surface area contributed by atoms with E-state index in [4.69, 9.17) is 0 Å². The van der Waals surface area contributed by atoms with E-state index in [9.17, 15) is 4.39 Å². The number of hydrogen-bond donors (Lipinski definition) is 2. The van der Waals surface area contributed by atoms with Gasteiger partial charge in [-0.2, -0.15) is 0 Å². The smallest absolute Gasteiger partial charge is 0.128 e. The number of benzene rings is 1. The summed E-state index contributed by atoms with van der Waals surface area (Å²) < 4.78 is 13.6. The lowest BCUT2D eigenvalue weighted by molar-refractivity contribution is 0.193. The number of piperidine rings is 1. The number of nitrogens with one attached hydrogen (secondary N) is 2. The number of alkyl halides is 1. The summed E-state index contributed by atoms with van der Waals surface area (Å²) in [5, 5.41) is 6.43. The highest BCUT2D eigenvalue weighted by molar-refractivity contribution is 5.18. The van der Waals surface area contributed by atoms with E-state index in [1.807, 2.05) is 18.2 Å². The summed E-state index contributed by atoms with van der Waals surface area (Å²) in [6.45, 7) is 3.46. The van der Waals surface area contributed by atoms with Crippen molar-refractivity contribution in [3.63, 3.8) is 0 Å². The average molecular weight is 222 g/mol. The molecule has 0 saturated carbocycles. The Labute approximate surface area is 96.2 Å². The van der Waals surface area contributed by atoms with Crippen LogP contribution in [0.4, 0.5) is 4.39 Å². The molecular weight excluding hydrogens is 203 g/mol. The first-order chi connectivity index (χ1) is 7.77. The molecule has 0 unspecified atom stereocenters. The standard InChI is InChI=1S/C13H19FN2/c1-10(11-5-3-2-4-6-11)16-13-7-8-15-9-12(13)14/h2-6,10,12-13,15-16H,7-9H2,1H3/t10-,12+,13+/m1/s1. The Morgan fingerprint density at radius 1 is 1.38 bits per heavy atom. The van der Waals surface area contributed by atoms with Crippen molar-refractivity contribution in [2.45, 2.75) is 31.6 Å². The minimum Gasteiger partial charge on any atom is -0.314 e. The second-order valence-electron chi connectivity index (χ2n) is 4.41. The van der Waals surface area contributed by atoms with E-state index in [0.717, 1.165) is 13.0 Å². The van der Waals surface area contributed by atoms with Crippen LogP contribution in [-0.2, 0) is 0 Å². The molecule has 88 valence electrons. The Bertz CT molecular complexity index is 315. The first-order valence-corrected chi connectivity index (χ1v) is 5.93. The van der Waals surface area contributed by atoms with Crippen LogP contribution in [0.3, 0.4) is 0 Å². The molecule has 0 aliphatic carbocycles. The monoisotopic (exact) mass is 222 g/mol. The van der Waals surface area contributed by atoms with Crippen LogP contribution in [0.25, 0.3) is 0 Å². The molecule has 1 aliphatic rings. The SMILES string of the molecule is C[C@@H](N[C@H]1CCNC[C@@H]1F)c1ccccc1. The first kappa shape index (κ1) is 11.6. The van der Waals surface area contributed by atoms with Crippen LogP contribution in [0.2, 0.25) is 0 Å². The summed E-state index contributed by atoms with van der Waals surface area (Å²) in [6, 6.07) is 10.4. The molecule has 1 saturated heterocycles. The second-order valence-corrected chi connectivity index (χ2v) is 4.41. The summed E-state index contributed by atoms with van der Waals surface area (Å²) in [6.07, 6.45) is 0.0816. The maximum absolute atomic E-state index is 13.6. The number of hydrogen-bond acceptors (Lipinski definition) is 2. The molecule has 0 amide bonds. The zero-order chi connectivity index (χ0) is 11.4. The fraction of sp³-hybridized carbons (Fsp3) is 0.538. The van der Waals surface area contributed by atoms with Crippen molar-refractivity contribution in [1.82, 2.24) is 10.6 Å². The van der Waals surface area contributed by atoms with Crippen LogP contribution in [0.15, 0.2) is 30.3 Å². The third-order valence-electron chi connectivity index (χ3n) is 3.17. The Balaban J connectivity index is 1.94. The van der Waals surface area contributed by atoms with Gasteiger partial charge in [0.25, 0.3) is 0 Å². The fourth-order valence-corrected chi connectivity index (χ4v) is 2.17. The van der Waals surface area contributed by atoms with Crippen LogP contribution in [0.1, 0.15) is 24.9 Å². The van der Waals surface area contributed by atoms with Crippen LogP contribution in [-0.4, -0.2) is 25.3 Å². The molecule has 2 nitrogen and oxygen atoms in total. The predicted octanol–water partition coefficient (Wildman–Crippen LogP) is 2.04. The van der Waals surface area contributed by atoms with Crippen LogP contribution in [0, 0.1) is 0 Å². The Kier molecular flexibility index (Phi) is 3.91. The fourth-order valence-electron chi connectivity index (χ4n) is 2.17. The quantitative estimate of drug-likeness (QED) is 0.817. The molecule has 3 heteroatoms. The van der Waals surface area contributed by atoms with Gasteiger partial charge in [-0.25, -0.2) is 4.39 Å². The van der Waals surface area contributed by atoms with Gasteiger partial charge in [0.2, 0.25) is 0 Å². The van der Waals surface area contributed by atoms with E-state index in [2.05, 4.69) is 29.7 Å². The van der Waals surface area contributed by atoms with Gasteiger partial charge in [-0.1, -0.05) is 30.3 Å². The van der Waals surface area contributed by atoms with Crippen molar-refractivity contribution < 1.29 is 4.39 Å². The third-order valence-corrected chi connectivity index (χ3v) is 3.17. The van der Waals surface area contributed by atoms with Crippen LogP contribution >= 0.6 is 0 Å². The van der Waals surface area contributed by atoms with Crippen LogP contribution < -0.4 is 10.6 Å². The van der Waals surface area contributed by atoms with Crippen molar-refractivity contribution in [3.8, 4) is 0 Å². The highest BCUT2D eigenvalue weighted by Gasteiger charge is 2.25. The van der Waals surface area contributed by atoms with Gasteiger partial charge in [-0.15, -0.1) is 0 Å². The highest BCUT2D eigenvalue weighted by Crippen LogP contribution is 2.16. The van der Waals surface area contributed by atoms with E-state index < -0.39 is 6.17 Å². The van der Waals surface area contributed by atoms with Gasteiger partial charge in [0.1, 0.15) is 6.17 Å². The molecule has 1 fully saturated rings. The molecule has 1 heterocycles. The molecule has 1 aromatic carbocycles. The summed E-state index contributed by atoms with van der Waals surface area (Å²) in [4.78, 5) is 0. The minimum atomic E-state index is -0.778. The van der Waals surface area contributed by atoms with Gasteiger partial charge in [0.05, 0.1) is 0 Å². The highest BCUT2D eigenvalue weighted by atomic mass is 19.1. The Hall–Kier alpha value is -0.930. The lowest BCUT2D eigenvalue weighted by Crippen LogP contribution is -2.49. The predicted molar refractivity (Wildman–Crippen MR) is 64.2 cm³/mol. The Morgan fingerprint density at radius 3 is 2.81 bits per heavy atom. The zero-order valence-electron chi connectivity index (χ0n) is 9.62. The maximum Gasteiger partial charge on any atom is 0.128 e. The zero-order valence-corrected chi connectivity index (χ0v) is 9.62. The van der Waals surface area contributed by atoms with Gasteiger partial charge in [0.15, 0.2) is 0 Å². The Morgan fingerprint density at radius 2 is 2.12 bits per heavy atom. The summed E-state index contributed by atoms with van der Waals surface area (Å²) in [5.74, 6) is 0. The van der Waals surface area contributed by atoms with Gasteiger partial charge in [-0.3, -0.25) is 0 Å².